The van der Waals surface area contributed by atoms with Crippen LogP contribution in [0.2, 0.25) is 0 Å². The Balaban J connectivity index is 2.32. The molecular formula is C11H15NO4S. The Morgan fingerprint density at radius 2 is 2.06 bits per heavy atom. The number of hydrogen-bond donors (Lipinski definition) is 2. The van der Waals surface area contributed by atoms with Crippen LogP contribution < -0.4 is 9.46 Å². The normalized spacial score (nSPS) is 17.8. The van der Waals surface area contributed by atoms with E-state index < -0.39 is 15.6 Å². The molecule has 0 unspecified atom stereocenters. The van der Waals surface area contributed by atoms with Crippen LogP contribution in [0.25, 0.3) is 0 Å². The van der Waals surface area contributed by atoms with Crippen molar-refractivity contribution in [2.24, 2.45) is 0 Å². The first-order valence-electron chi connectivity index (χ1n) is 5.31. The van der Waals surface area contributed by atoms with Crippen LogP contribution in [0.5, 0.6) is 5.75 Å². The average Bonchev–Trinajstić information content (AvgIpc) is 3.09. The van der Waals surface area contributed by atoms with Gasteiger partial charge in [0.2, 0.25) is 10.0 Å². The number of aliphatic hydroxyl groups excluding tert-OH is 1. The maximum atomic E-state index is 12.1. The highest BCUT2D eigenvalue weighted by Gasteiger charge is 2.45. The highest BCUT2D eigenvalue weighted by molar-refractivity contribution is 7.89. The van der Waals surface area contributed by atoms with E-state index in [9.17, 15) is 8.42 Å². The lowest BCUT2D eigenvalue weighted by atomic mass is 10.3. The first-order chi connectivity index (χ1) is 8.03. The fourth-order valence-electron chi connectivity index (χ4n) is 1.62. The lowest BCUT2D eigenvalue weighted by molar-refractivity contribution is 0.246. The van der Waals surface area contributed by atoms with Crippen LogP contribution in [-0.2, 0) is 10.0 Å². The quantitative estimate of drug-likeness (QED) is 0.805. The van der Waals surface area contributed by atoms with Gasteiger partial charge in [-0.05, 0) is 25.0 Å². The maximum absolute atomic E-state index is 12.1. The Morgan fingerprint density at radius 1 is 1.41 bits per heavy atom. The van der Waals surface area contributed by atoms with E-state index in [2.05, 4.69) is 4.72 Å². The fourth-order valence-corrected chi connectivity index (χ4v) is 3.25. The monoisotopic (exact) mass is 257 g/mol. The Hall–Kier alpha value is -1.11. The molecule has 5 nitrogen and oxygen atoms in total. The average molecular weight is 257 g/mol. The standard InChI is InChI=1S/C11H15NO4S/c1-16-9-4-2-3-5-10(9)17(14,15)12-11(8-13)6-7-11/h2-5,12-13H,6-8H2,1H3. The van der Waals surface area contributed by atoms with E-state index in [4.69, 9.17) is 9.84 Å². The summed E-state index contributed by atoms with van der Waals surface area (Å²) in [5.41, 5.74) is -0.667. The van der Waals surface area contributed by atoms with Crippen molar-refractivity contribution in [3.63, 3.8) is 0 Å². The van der Waals surface area contributed by atoms with Crippen LogP contribution in [0.15, 0.2) is 29.2 Å². The molecule has 94 valence electrons. The zero-order valence-corrected chi connectivity index (χ0v) is 10.3. The van der Waals surface area contributed by atoms with Gasteiger partial charge in [0.1, 0.15) is 10.6 Å². The minimum Gasteiger partial charge on any atom is -0.495 e. The van der Waals surface area contributed by atoms with Crippen LogP contribution >= 0.6 is 0 Å². The molecule has 0 amide bonds. The van der Waals surface area contributed by atoms with Crippen molar-refractivity contribution < 1.29 is 18.3 Å². The van der Waals surface area contributed by atoms with Crippen molar-refractivity contribution >= 4 is 10.0 Å². The number of sulfonamides is 1. The second kappa shape index (κ2) is 4.29. The molecule has 1 saturated carbocycles. The van der Waals surface area contributed by atoms with E-state index in [1.165, 1.54) is 13.2 Å². The van der Waals surface area contributed by atoms with Crippen molar-refractivity contribution in [3.8, 4) is 5.75 Å². The molecule has 2 rings (SSSR count). The summed E-state index contributed by atoms with van der Waals surface area (Å²) >= 11 is 0. The molecule has 1 aromatic rings. The van der Waals surface area contributed by atoms with Crippen molar-refractivity contribution in [3.05, 3.63) is 24.3 Å². The molecule has 0 radical (unpaired) electrons. The predicted octanol–water partition coefficient (Wildman–Crippen LogP) is 0.498. The Bertz CT molecular complexity index is 508. The number of benzene rings is 1. The van der Waals surface area contributed by atoms with E-state index in [-0.39, 0.29) is 11.5 Å². The zero-order chi connectivity index (χ0) is 12.5. The topological polar surface area (TPSA) is 75.6 Å². The number of para-hydroxylation sites is 1. The van der Waals surface area contributed by atoms with Crippen LogP contribution in [0.1, 0.15) is 12.8 Å². The SMILES string of the molecule is COc1ccccc1S(=O)(=O)NC1(CO)CC1. The van der Waals surface area contributed by atoms with Crippen molar-refractivity contribution in [2.45, 2.75) is 23.3 Å². The molecule has 0 aromatic heterocycles. The summed E-state index contributed by atoms with van der Waals surface area (Å²) in [6, 6.07) is 6.41. The highest BCUT2D eigenvalue weighted by Crippen LogP contribution is 2.37. The minimum atomic E-state index is -3.65. The third-order valence-corrected chi connectivity index (χ3v) is 4.48. The van der Waals surface area contributed by atoms with E-state index >= 15 is 0 Å². The van der Waals surface area contributed by atoms with Crippen LogP contribution in [0.4, 0.5) is 0 Å². The Labute approximate surface area is 100 Å². The zero-order valence-electron chi connectivity index (χ0n) is 9.51. The van der Waals surface area contributed by atoms with Crippen molar-refractivity contribution in [1.29, 1.82) is 0 Å². The van der Waals surface area contributed by atoms with Gasteiger partial charge in [-0.15, -0.1) is 0 Å². The lowest BCUT2D eigenvalue weighted by Gasteiger charge is -2.16. The number of methoxy groups -OCH3 is 1. The number of nitrogens with one attached hydrogen (secondary N) is 1. The van der Waals surface area contributed by atoms with Gasteiger partial charge in [-0.3, -0.25) is 0 Å². The van der Waals surface area contributed by atoms with Gasteiger partial charge in [-0.2, -0.15) is 0 Å². The molecular weight excluding hydrogens is 242 g/mol. The van der Waals surface area contributed by atoms with Gasteiger partial charge in [0.25, 0.3) is 0 Å². The molecule has 2 N–H and O–H groups in total. The molecule has 1 aliphatic rings. The molecule has 0 spiro atoms. The van der Waals surface area contributed by atoms with Gasteiger partial charge in [0.15, 0.2) is 0 Å². The molecule has 0 aliphatic heterocycles. The molecule has 17 heavy (non-hydrogen) atoms. The van der Waals surface area contributed by atoms with Gasteiger partial charge >= 0.3 is 0 Å². The predicted molar refractivity (Wildman–Crippen MR) is 62.4 cm³/mol. The van der Waals surface area contributed by atoms with Gasteiger partial charge in [0, 0.05) is 0 Å². The summed E-state index contributed by atoms with van der Waals surface area (Å²) in [6.07, 6.45) is 1.33. The summed E-state index contributed by atoms with van der Waals surface area (Å²) in [4.78, 5) is 0.0993. The first-order valence-corrected chi connectivity index (χ1v) is 6.79. The largest absolute Gasteiger partial charge is 0.495 e. The van der Waals surface area contributed by atoms with Crippen molar-refractivity contribution in [2.75, 3.05) is 13.7 Å². The van der Waals surface area contributed by atoms with Crippen LogP contribution in [0.3, 0.4) is 0 Å². The second-order valence-electron chi connectivity index (χ2n) is 4.19. The minimum absolute atomic E-state index is 0.0993. The number of hydrogen-bond acceptors (Lipinski definition) is 4. The van der Waals surface area contributed by atoms with Crippen LogP contribution in [-0.4, -0.2) is 32.8 Å². The second-order valence-corrected chi connectivity index (χ2v) is 5.85. The molecule has 0 saturated heterocycles. The van der Waals surface area contributed by atoms with Gasteiger partial charge in [-0.1, -0.05) is 12.1 Å². The highest BCUT2D eigenvalue weighted by atomic mass is 32.2. The van der Waals surface area contributed by atoms with Gasteiger partial charge in [0.05, 0.1) is 19.3 Å². The first kappa shape index (κ1) is 12.3. The smallest absolute Gasteiger partial charge is 0.244 e. The van der Waals surface area contributed by atoms with Crippen LogP contribution in [0, 0.1) is 0 Å². The Morgan fingerprint density at radius 3 is 2.59 bits per heavy atom. The third kappa shape index (κ3) is 2.43. The van der Waals surface area contributed by atoms with Gasteiger partial charge in [-0.25, -0.2) is 13.1 Å². The molecule has 0 bridgehead atoms. The van der Waals surface area contributed by atoms with E-state index in [1.807, 2.05) is 0 Å². The third-order valence-electron chi connectivity index (χ3n) is 2.87. The summed E-state index contributed by atoms with van der Waals surface area (Å²) in [5.74, 6) is 0.300. The molecule has 6 heteroatoms. The fraction of sp³-hybridized carbons (Fsp3) is 0.455. The Kier molecular flexibility index (Phi) is 3.11. The molecule has 0 atom stereocenters. The molecule has 1 fully saturated rings. The van der Waals surface area contributed by atoms with Gasteiger partial charge < -0.3 is 9.84 Å². The van der Waals surface area contributed by atoms with E-state index in [0.29, 0.717) is 18.6 Å². The summed E-state index contributed by atoms with van der Waals surface area (Å²) < 4.78 is 31.8. The van der Waals surface area contributed by atoms with Crippen molar-refractivity contribution in [1.82, 2.24) is 4.72 Å². The summed E-state index contributed by atoms with van der Waals surface area (Å²) in [5, 5.41) is 9.14. The lowest BCUT2D eigenvalue weighted by Crippen LogP contribution is -2.39. The molecule has 1 aliphatic carbocycles. The number of aliphatic hydroxyl groups is 1. The van der Waals surface area contributed by atoms with E-state index in [1.54, 1.807) is 18.2 Å². The maximum Gasteiger partial charge on any atom is 0.244 e. The number of ether oxygens (including phenoxy) is 1. The molecule has 1 aromatic carbocycles. The number of rotatable bonds is 5. The molecule has 0 heterocycles. The summed E-state index contributed by atoms with van der Waals surface area (Å²) in [7, 11) is -2.22. The summed E-state index contributed by atoms with van der Waals surface area (Å²) in [6.45, 7) is -0.179. The van der Waals surface area contributed by atoms with E-state index in [0.717, 1.165) is 0 Å².